The van der Waals surface area contributed by atoms with Gasteiger partial charge in [0.25, 0.3) is 0 Å². The van der Waals surface area contributed by atoms with Crippen LogP contribution in [-0.2, 0) is 0 Å². The van der Waals surface area contributed by atoms with Crippen molar-refractivity contribution in [3.05, 3.63) is 0 Å². The van der Waals surface area contributed by atoms with E-state index in [4.69, 9.17) is 16.6 Å². The van der Waals surface area contributed by atoms with Crippen molar-refractivity contribution in [2.24, 2.45) is 11.5 Å². The van der Waals surface area contributed by atoms with Gasteiger partial charge >= 0.3 is 0 Å². The fourth-order valence-electron chi connectivity index (χ4n) is 0.460. The van der Waals surface area contributed by atoms with Crippen LogP contribution in [0.3, 0.4) is 0 Å². The Morgan fingerprint density at radius 2 is 2.00 bits per heavy atom. The molecule has 8 heavy (non-hydrogen) atoms. The predicted molar refractivity (Wildman–Crippen MR) is 33.1 cm³/mol. The summed E-state index contributed by atoms with van der Waals surface area (Å²) in [5, 5.41) is 8.32. The van der Waals surface area contributed by atoms with Crippen LogP contribution < -0.4 is 11.5 Å². The van der Waals surface area contributed by atoms with Crippen LogP contribution in [0.1, 0.15) is 19.8 Å². The predicted octanol–water partition coefficient (Wildman–Crippen LogP) is -0.608. The minimum absolute atomic E-state index is 0.171. The third kappa shape index (κ3) is 5.88. The number of aliphatic hydroxyl groups excluding tert-OH is 1. The highest BCUT2D eigenvalue weighted by Crippen LogP contribution is 1.98. The molecule has 5 N–H and O–H groups in total. The highest BCUT2D eigenvalue weighted by molar-refractivity contribution is 4.68. The molecule has 3 nitrogen and oxygen atoms in total. The molecule has 0 aliphatic carbocycles. The Morgan fingerprint density at radius 1 is 1.50 bits per heavy atom. The number of rotatable bonds is 3. The highest BCUT2D eigenvalue weighted by Gasteiger charge is 2.08. The quantitative estimate of drug-likeness (QED) is 0.433. The molecule has 0 aliphatic heterocycles. The Bertz CT molecular complexity index is 57.9. The molecular weight excluding hydrogens is 104 g/mol. The Kier molecular flexibility index (Phi) is 2.97. The largest absolute Gasteiger partial charge is 0.396 e. The number of hydrogen-bond donors (Lipinski definition) is 3. The number of hydrogen-bond acceptors (Lipinski definition) is 3. The molecule has 0 bridgehead atoms. The Balaban J connectivity index is 3.11. The van der Waals surface area contributed by atoms with E-state index in [-0.39, 0.29) is 6.61 Å². The summed E-state index contributed by atoms with van der Waals surface area (Å²) in [6.45, 7) is 1.91. The summed E-state index contributed by atoms with van der Waals surface area (Å²) in [5.41, 5.74) is 10.2. The van der Waals surface area contributed by atoms with Crippen LogP contribution in [0.4, 0.5) is 0 Å². The molecule has 50 valence electrons. The van der Waals surface area contributed by atoms with Crippen LogP contribution in [0.5, 0.6) is 0 Å². The van der Waals surface area contributed by atoms with Crippen molar-refractivity contribution in [3.63, 3.8) is 0 Å². The van der Waals surface area contributed by atoms with E-state index in [9.17, 15) is 0 Å². The molecule has 0 aliphatic rings. The minimum atomic E-state index is -0.608. The van der Waals surface area contributed by atoms with E-state index < -0.39 is 5.66 Å². The van der Waals surface area contributed by atoms with Crippen molar-refractivity contribution in [3.8, 4) is 0 Å². The molecule has 0 radical (unpaired) electrons. The van der Waals surface area contributed by atoms with Gasteiger partial charge in [0, 0.05) is 6.61 Å². The molecule has 0 amide bonds. The molecule has 0 heterocycles. The molecule has 0 fully saturated rings. The van der Waals surface area contributed by atoms with Crippen molar-refractivity contribution in [1.82, 2.24) is 0 Å². The van der Waals surface area contributed by atoms with Crippen molar-refractivity contribution in [1.29, 1.82) is 0 Å². The van der Waals surface area contributed by atoms with Crippen LogP contribution in [0, 0.1) is 0 Å². The number of aliphatic hydroxyl groups is 1. The molecule has 0 aromatic rings. The Morgan fingerprint density at radius 3 is 2.12 bits per heavy atom. The molecule has 0 spiro atoms. The van der Waals surface area contributed by atoms with Gasteiger partial charge < -0.3 is 16.6 Å². The molecule has 0 aromatic carbocycles. The summed E-state index contributed by atoms with van der Waals surface area (Å²) in [4.78, 5) is 0. The van der Waals surface area contributed by atoms with Crippen molar-refractivity contribution in [2.75, 3.05) is 6.61 Å². The lowest BCUT2D eigenvalue weighted by Gasteiger charge is -2.16. The Hall–Kier alpha value is -0.120. The second-order valence-corrected chi connectivity index (χ2v) is 2.33. The van der Waals surface area contributed by atoms with E-state index >= 15 is 0 Å². The first-order chi connectivity index (χ1) is 3.56. The van der Waals surface area contributed by atoms with Gasteiger partial charge in [-0.25, -0.2) is 0 Å². The van der Waals surface area contributed by atoms with Gasteiger partial charge in [0.1, 0.15) is 0 Å². The van der Waals surface area contributed by atoms with Crippen LogP contribution in [0.2, 0.25) is 0 Å². The van der Waals surface area contributed by atoms with E-state index in [0.29, 0.717) is 12.8 Å². The van der Waals surface area contributed by atoms with Gasteiger partial charge in [-0.3, -0.25) is 0 Å². The van der Waals surface area contributed by atoms with Gasteiger partial charge in [0.05, 0.1) is 5.66 Å². The summed E-state index contributed by atoms with van der Waals surface area (Å²) in [6.07, 6.45) is 1.35. The molecule has 0 saturated carbocycles. The second-order valence-electron chi connectivity index (χ2n) is 2.33. The maximum atomic E-state index is 8.32. The van der Waals surface area contributed by atoms with E-state index in [1.54, 1.807) is 6.92 Å². The third-order valence-corrected chi connectivity index (χ3v) is 0.874. The summed E-state index contributed by atoms with van der Waals surface area (Å²) in [7, 11) is 0. The van der Waals surface area contributed by atoms with Crippen LogP contribution >= 0.6 is 0 Å². The SMILES string of the molecule is CC(N)(N)CCCO. The summed E-state index contributed by atoms with van der Waals surface area (Å²) < 4.78 is 0. The van der Waals surface area contributed by atoms with E-state index in [1.807, 2.05) is 0 Å². The van der Waals surface area contributed by atoms with Crippen molar-refractivity contribution >= 4 is 0 Å². The zero-order valence-electron chi connectivity index (χ0n) is 5.22. The minimum Gasteiger partial charge on any atom is -0.396 e. The van der Waals surface area contributed by atoms with E-state index in [2.05, 4.69) is 0 Å². The topological polar surface area (TPSA) is 72.3 Å². The molecular formula is C5H14N2O. The summed E-state index contributed by atoms with van der Waals surface area (Å²) in [6, 6.07) is 0. The zero-order valence-corrected chi connectivity index (χ0v) is 5.22. The molecule has 3 heteroatoms. The lowest BCUT2D eigenvalue weighted by atomic mass is 10.1. The van der Waals surface area contributed by atoms with Crippen LogP contribution in [-0.4, -0.2) is 17.4 Å². The van der Waals surface area contributed by atoms with Gasteiger partial charge in [0.2, 0.25) is 0 Å². The molecule has 0 atom stereocenters. The first-order valence-corrected chi connectivity index (χ1v) is 2.75. The lowest BCUT2D eigenvalue weighted by Crippen LogP contribution is -2.45. The average Bonchev–Trinajstić information content (AvgIpc) is 1.59. The normalized spacial score (nSPS) is 12.0. The standard InChI is InChI=1S/C5H14N2O/c1-5(6,7)3-2-4-8/h8H,2-4,6-7H2,1H3. The van der Waals surface area contributed by atoms with E-state index in [1.165, 1.54) is 0 Å². The fraction of sp³-hybridized carbons (Fsp3) is 1.00. The molecule has 0 rings (SSSR count). The van der Waals surface area contributed by atoms with Gasteiger partial charge in [-0.1, -0.05) is 0 Å². The van der Waals surface area contributed by atoms with Gasteiger partial charge in [-0.2, -0.15) is 0 Å². The molecule has 0 saturated heterocycles. The lowest BCUT2D eigenvalue weighted by molar-refractivity contribution is 0.266. The fourth-order valence-corrected chi connectivity index (χ4v) is 0.460. The molecule has 0 unspecified atom stereocenters. The maximum Gasteiger partial charge on any atom is 0.0608 e. The monoisotopic (exact) mass is 118 g/mol. The first kappa shape index (κ1) is 7.88. The van der Waals surface area contributed by atoms with Crippen LogP contribution in [0.15, 0.2) is 0 Å². The van der Waals surface area contributed by atoms with Crippen LogP contribution in [0.25, 0.3) is 0 Å². The molecule has 0 aromatic heterocycles. The van der Waals surface area contributed by atoms with Gasteiger partial charge in [0.15, 0.2) is 0 Å². The number of nitrogens with two attached hydrogens (primary N) is 2. The average molecular weight is 118 g/mol. The van der Waals surface area contributed by atoms with Gasteiger partial charge in [-0.15, -0.1) is 0 Å². The summed E-state index contributed by atoms with van der Waals surface area (Å²) in [5.74, 6) is 0. The van der Waals surface area contributed by atoms with Gasteiger partial charge in [-0.05, 0) is 19.8 Å². The highest BCUT2D eigenvalue weighted by atomic mass is 16.2. The maximum absolute atomic E-state index is 8.32. The van der Waals surface area contributed by atoms with E-state index in [0.717, 1.165) is 0 Å². The summed E-state index contributed by atoms with van der Waals surface area (Å²) >= 11 is 0. The van der Waals surface area contributed by atoms with Crippen molar-refractivity contribution < 1.29 is 5.11 Å². The van der Waals surface area contributed by atoms with Crippen molar-refractivity contribution in [2.45, 2.75) is 25.4 Å². The first-order valence-electron chi connectivity index (χ1n) is 2.75. The third-order valence-electron chi connectivity index (χ3n) is 0.874. The Labute approximate surface area is 49.7 Å². The second kappa shape index (κ2) is 3.02. The smallest absolute Gasteiger partial charge is 0.0608 e. The zero-order chi connectivity index (χ0) is 6.62.